The normalized spacial score (nSPS) is 18.6. The van der Waals surface area contributed by atoms with E-state index in [2.05, 4.69) is 27.4 Å². The SMILES string of the molecule is CCOc1ccccc1C(CC)NC(=O)CN1CCNCC1c1nccn1C. The van der Waals surface area contributed by atoms with Gasteiger partial charge in [0.25, 0.3) is 0 Å². The van der Waals surface area contributed by atoms with Gasteiger partial charge in [-0.1, -0.05) is 25.1 Å². The highest BCUT2D eigenvalue weighted by Gasteiger charge is 2.29. The molecular formula is C21H31N5O2. The molecule has 1 saturated heterocycles. The van der Waals surface area contributed by atoms with E-state index in [0.29, 0.717) is 13.2 Å². The molecule has 2 N–H and O–H groups in total. The zero-order valence-corrected chi connectivity index (χ0v) is 17.0. The Hall–Kier alpha value is -2.38. The third kappa shape index (κ3) is 4.72. The van der Waals surface area contributed by atoms with Crippen LogP contribution < -0.4 is 15.4 Å². The van der Waals surface area contributed by atoms with Crippen molar-refractivity contribution < 1.29 is 9.53 Å². The van der Waals surface area contributed by atoms with E-state index in [0.717, 1.165) is 43.2 Å². The Bertz CT molecular complexity index is 776. The maximum atomic E-state index is 12.9. The fraction of sp³-hybridized carbons (Fsp3) is 0.524. The topological polar surface area (TPSA) is 71.4 Å². The molecule has 2 aromatic rings. The second-order valence-corrected chi connectivity index (χ2v) is 7.09. The number of hydrogen-bond donors (Lipinski definition) is 2. The number of nitrogens with one attached hydrogen (secondary N) is 2. The number of hydrogen-bond acceptors (Lipinski definition) is 5. The molecule has 0 aliphatic carbocycles. The van der Waals surface area contributed by atoms with Gasteiger partial charge in [0.15, 0.2) is 0 Å². The van der Waals surface area contributed by atoms with Crippen LogP contribution in [0.4, 0.5) is 0 Å². The summed E-state index contributed by atoms with van der Waals surface area (Å²) < 4.78 is 7.77. The lowest BCUT2D eigenvalue weighted by molar-refractivity contribution is -0.123. The van der Waals surface area contributed by atoms with Gasteiger partial charge in [0.2, 0.25) is 5.91 Å². The first kappa shape index (κ1) is 20.4. The Balaban J connectivity index is 1.68. The molecule has 28 heavy (non-hydrogen) atoms. The maximum Gasteiger partial charge on any atom is 0.234 e. The zero-order valence-electron chi connectivity index (χ0n) is 17.0. The first-order valence-electron chi connectivity index (χ1n) is 10.1. The van der Waals surface area contributed by atoms with Crippen molar-refractivity contribution in [2.45, 2.75) is 32.4 Å². The van der Waals surface area contributed by atoms with Gasteiger partial charge in [-0.15, -0.1) is 0 Å². The summed E-state index contributed by atoms with van der Waals surface area (Å²) in [6.07, 6.45) is 4.56. The van der Waals surface area contributed by atoms with Gasteiger partial charge in [0.05, 0.1) is 25.2 Å². The molecule has 1 amide bonds. The summed E-state index contributed by atoms with van der Waals surface area (Å²) in [4.78, 5) is 19.6. The van der Waals surface area contributed by atoms with Crippen LogP contribution in [0.15, 0.2) is 36.7 Å². The molecular weight excluding hydrogens is 354 g/mol. The summed E-state index contributed by atoms with van der Waals surface area (Å²) in [6, 6.07) is 7.96. The number of carbonyl (C=O) groups excluding carboxylic acids is 1. The van der Waals surface area contributed by atoms with E-state index < -0.39 is 0 Å². The molecule has 2 heterocycles. The fourth-order valence-electron chi connectivity index (χ4n) is 3.77. The Morgan fingerprint density at radius 2 is 2.21 bits per heavy atom. The van der Waals surface area contributed by atoms with Crippen molar-refractivity contribution in [3.05, 3.63) is 48.0 Å². The van der Waals surface area contributed by atoms with Crippen molar-refractivity contribution in [3.63, 3.8) is 0 Å². The minimum atomic E-state index is -0.0650. The van der Waals surface area contributed by atoms with E-state index in [1.54, 1.807) is 6.20 Å². The number of rotatable bonds is 8. The number of benzene rings is 1. The number of nitrogens with zero attached hydrogens (tertiary/aromatic N) is 3. The van der Waals surface area contributed by atoms with E-state index in [1.807, 2.05) is 49.0 Å². The van der Waals surface area contributed by atoms with Gasteiger partial charge in [-0.2, -0.15) is 0 Å². The largest absolute Gasteiger partial charge is 0.494 e. The van der Waals surface area contributed by atoms with E-state index in [1.165, 1.54) is 0 Å². The quantitative estimate of drug-likeness (QED) is 0.728. The molecule has 3 rings (SSSR count). The van der Waals surface area contributed by atoms with Crippen LogP contribution in [0, 0.1) is 0 Å². The molecule has 0 radical (unpaired) electrons. The van der Waals surface area contributed by atoms with E-state index in [9.17, 15) is 4.79 Å². The Kier molecular flexibility index (Phi) is 7.06. The zero-order chi connectivity index (χ0) is 19.9. The van der Waals surface area contributed by atoms with Crippen LogP contribution in [-0.4, -0.2) is 53.1 Å². The molecule has 1 aromatic heterocycles. The average molecular weight is 386 g/mol. The summed E-state index contributed by atoms with van der Waals surface area (Å²) in [7, 11) is 1.99. The van der Waals surface area contributed by atoms with Crippen LogP contribution in [0.5, 0.6) is 5.75 Å². The smallest absolute Gasteiger partial charge is 0.234 e. The summed E-state index contributed by atoms with van der Waals surface area (Å²) >= 11 is 0. The molecule has 1 fully saturated rings. The third-order valence-electron chi connectivity index (χ3n) is 5.20. The molecule has 7 heteroatoms. The summed E-state index contributed by atoms with van der Waals surface area (Å²) in [5, 5.41) is 6.61. The summed E-state index contributed by atoms with van der Waals surface area (Å²) in [6.45, 7) is 7.49. The van der Waals surface area contributed by atoms with Crippen molar-refractivity contribution in [1.82, 2.24) is 25.1 Å². The number of aromatic nitrogens is 2. The van der Waals surface area contributed by atoms with Crippen molar-refractivity contribution in [3.8, 4) is 5.75 Å². The van der Waals surface area contributed by atoms with Crippen molar-refractivity contribution in [1.29, 1.82) is 0 Å². The molecule has 152 valence electrons. The maximum absolute atomic E-state index is 12.9. The van der Waals surface area contributed by atoms with Gasteiger partial charge in [-0.3, -0.25) is 9.69 Å². The first-order chi connectivity index (χ1) is 13.6. The molecule has 0 bridgehead atoms. The van der Waals surface area contributed by atoms with Gasteiger partial charge in [0.1, 0.15) is 11.6 Å². The Morgan fingerprint density at radius 1 is 1.39 bits per heavy atom. The Morgan fingerprint density at radius 3 is 2.93 bits per heavy atom. The number of ether oxygens (including phenoxy) is 1. The van der Waals surface area contributed by atoms with E-state index in [4.69, 9.17) is 4.74 Å². The van der Waals surface area contributed by atoms with Crippen LogP contribution in [0.3, 0.4) is 0 Å². The number of para-hydroxylation sites is 1. The molecule has 0 spiro atoms. The fourth-order valence-corrected chi connectivity index (χ4v) is 3.77. The molecule has 1 aliphatic rings. The van der Waals surface area contributed by atoms with Gasteiger partial charge in [-0.25, -0.2) is 4.98 Å². The lowest BCUT2D eigenvalue weighted by Gasteiger charge is -2.35. The monoisotopic (exact) mass is 385 g/mol. The van der Waals surface area contributed by atoms with Gasteiger partial charge < -0.3 is 19.9 Å². The molecule has 2 unspecified atom stereocenters. The minimum Gasteiger partial charge on any atom is -0.494 e. The second kappa shape index (κ2) is 9.71. The number of imidazole rings is 1. The molecule has 1 aliphatic heterocycles. The summed E-state index contributed by atoms with van der Waals surface area (Å²) in [5.74, 6) is 1.85. The highest BCUT2D eigenvalue weighted by molar-refractivity contribution is 5.78. The van der Waals surface area contributed by atoms with Crippen LogP contribution in [0.25, 0.3) is 0 Å². The van der Waals surface area contributed by atoms with Crippen molar-refractivity contribution >= 4 is 5.91 Å². The number of carbonyl (C=O) groups is 1. The number of aryl methyl sites for hydroxylation is 1. The van der Waals surface area contributed by atoms with Crippen molar-refractivity contribution in [2.75, 3.05) is 32.8 Å². The van der Waals surface area contributed by atoms with Crippen LogP contribution in [0.2, 0.25) is 0 Å². The molecule has 2 atom stereocenters. The van der Waals surface area contributed by atoms with Crippen LogP contribution in [0.1, 0.15) is 43.7 Å². The third-order valence-corrected chi connectivity index (χ3v) is 5.20. The highest BCUT2D eigenvalue weighted by Crippen LogP contribution is 2.27. The van der Waals surface area contributed by atoms with Gasteiger partial charge in [-0.05, 0) is 19.4 Å². The van der Waals surface area contributed by atoms with Gasteiger partial charge >= 0.3 is 0 Å². The second-order valence-electron chi connectivity index (χ2n) is 7.09. The highest BCUT2D eigenvalue weighted by atomic mass is 16.5. The van der Waals surface area contributed by atoms with Crippen LogP contribution in [-0.2, 0) is 11.8 Å². The number of piperazine rings is 1. The van der Waals surface area contributed by atoms with Crippen molar-refractivity contribution in [2.24, 2.45) is 7.05 Å². The van der Waals surface area contributed by atoms with E-state index >= 15 is 0 Å². The predicted octanol–water partition coefficient (Wildman–Crippen LogP) is 2.03. The molecule has 7 nitrogen and oxygen atoms in total. The first-order valence-corrected chi connectivity index (χ1v) is 10.1. The van der Waals surface area contributed by atoms with Gasteiger partial charge in [0, 0.05) is 44.6 Å². The summed E-state index contributed by atoms with van der Waals surface area (Å²) in [5.41, 5.74) is 1.03. The Labute approximate surface area is 167 Å². The van der Waals surface area contributed by atoms with E-state index in [-0.39, 0.29) is 18.0 Å². The lowest BCUT2D eigenvalue weighted by atomic mass is 10.0. The predicted molar refractivity (Wildman–Crippen MR) is 109 cm³/mol. The lowest BCUT2D eigenvalue weighted by Crippen LogP contribution is -2.50. The molecule has 0 saturated carbocycles. The average Bonchev–Trinajstić information content (AvgIpc) is 3.13. The number of amides is 1. The standard InChI is InChI=1S/C21H31N5O2/c1-4-17(16-8-6-7-9-19(16)28-5-2)24-20(27)15-26-13-10-22-14-18(26)21-23-11-12-25(21)3/h6-9,11-12,17-18,22H,4-5,10,13-15H2,1-3H3,(H,24,27). The van der Waals surface area contributed by atoms with Crippen LogP contribution >= 0.6 is 0 Å². The molecule has 1 aromatic carbocycles. The minimum absolute atomic E-state index is 0.0271.